The van der Waals surface area contributed by atoms with Crippen LogP contribution in [0.25, 0.3) is 0 Å². The molecule has 0 fully saturated rings. The molecular formula is C10H9F2N3O2S. The molecule has 0 unspecified atom stereocenters. The number of rotatable bonds is 3. The van der Waals surface area contributed by atoms with Crippen LogP contribution in [0.5, 0.6) is 0 Å². The van der Waals surface area contributed by atoms with Crippen LogP contribution in [-0.4, -0.2) is 18.2 Å². The average Bonchev–Trinajstić information content (AvgIpc) is 2.62. The van der Waals surface area contributed by atoms with Gasteiger partial charge in [-0.25, -0.2) is 17.2 Å². The molecule has 1 heterocycles. The van der Waals surface area contributed by atoms with E-state index in [0.29, 0.717) is 0 Å². The molecule has 0 aliphatic carbocycles. The van der Waals surface area contributed by atoms with E-state index in [1.54, 1.807) is 7.05 Å². The second-order valence-corrected chi connectivity index (χ2v) is 5.15. The largest absolute Gasteiger partial charge is 0.274 e. The molecule has 0 saturated heterocycles. The van der Waals surface area contributed by atoms with E-state index in [-0.39, 0.29) is 5.82 Å². The van der Waals surface area contributed by atoms with Crippen molar-refractivity contribution in [2.45, 2.75) is 4.90 Å². The van der Waals surface area contributed by atoms with Gasteiger partial charge < -0.3 is 0 Å². The van der Waals surface area contributed by atoms with Gasteiger partial charge in [-0.15, -0.1) is 0 Å². The summed E-state index contributed by atoms with van der Waals surface area (Å²) in [4.78, 5) is -1.02. The lowest BCUT2D eigenvalue weighted by Gasteiger charge is -2.07. The molecule has 0 amide bonds. The predicted molar refractivity (Wildman–Crippen MR) is 60.4 cm³/mol. The minimum atomic E-state index is -4.34. The molecule has 1 N–H and O–H groups in total. The standard InChI is InChI=1S/C10H9F2N3O2S/c1-15-6-5-9(13-15)14-18(16,17)10-7(11)3-2-4-8(10)12/h2-6H,1H3,(H,13,14). The molecule has 0 saturated carbocycles. The summed E-state index contributed by atoms with van der Waals surface area (Å²) in [5.74, 6) is -2.32. The first kappa shape index (κ1) is 12.5. The summed E-state index contributed by atoms with van der Waals surface area (Å²) in [5, 5.41) is 3.76. The van der Waals surface area contributed by atoms with Gasteiger partial charge in [0.15, 0.2) is 10.7 Å². The molecule has 0 atom stereocenters. The Labute approximate surface area is 102 Å². The van der Waals surface area contributed by atoms with Gasteiger partial charge in [-0.1, -0.05) is 6.07 Å². The summed E-state index contributed by atoms with van der Waals surface area (Å²) in [6, 6.07) is 4.20. The highest BCUT2D eigenvalue weighted by molar-refractivity contribution is 7.92. The number of hydrogen-bond donors (Lipinski definition) is 1. The van der Waals surface area contributed by atoms with E-state index in [1.165, 1.54) is 16.9 Å². The fraction of sp³-hybridized carbons (Fsp3) is 0.100. The van der Waals surface area contributed by atoms with Crippen LogP contribution in [0.4, 0.5) is 14.6 Å². The van der Waals surface area contributed by atoms with E-state index in [9.17, 15) is 17.2 Å². The normalized spacial score (nSPS) is 11.5. The van der Waals surface area contributed by atoms with Crippen molar-refractivity contribution in [3.8, 4) is 0 Å². The Hall–Kier alpha value is -1.96. The minimum Gasteiger partial charge on any atom is -0.274 e. The monoisotopic (exact) mass is 273 g/mol. The van der Waals surface area contributed by atoms with Gasteiger partial charge in [-0.3, -0.25) is 9.40 Å². The molecule has 0 bridgehead atoms. The average molecular weight is 273 g/mol. The van der Waals surface area contributed by atoms with Gasteiger partial charge in [-0.2, -0.15) is 5.10 Å². The minimum absolute atomic E-state index is 0.0137. The molecule has 1 aromatic carbocycles. The number of benzene rings is 1. The number of aromatic nitrogens is 2. The van der Waals surface area contributed by atoms with E-state index in [2.05, 4.69) is 5.10 Å². The molecule has 0 aliphatic rings. The van der Waals surface area contributed by atoms with E-state index < -0.39 is 26.6 Å². The third-order valence-corrected chi connectivity index (χ3v) is 3.55. The third-order valence-electron chi connectivity index (χ3n) is 2.14. The first-order valence-electron chi connectivity index (χ1n) is 4.86. The van der Waals surface area contributed by atoms with Crippen molar-refractivity contribution in [2.75, 3.05) is 4.72 Å². The van der Waals surface area contributed by atoms with Crippen LogP contribution >= 0.6 is 0 Å². The first-order valence-corrected chi connectivity index (χ1v) is 6.35. The molecule has 2 aromatic rings. The van der Waals surface area contributed by atoms with E-state index in [1.807, 2.05) is 4.72 Å². The van der Waals surface area contributed by atoms with Crippen molar-refractivity contribution in [3.63, 3.8) is 0 Å². The maximum atomic E-state index is 13.4. The molecule has 0 spiro atoms. The summed E-state index contributed by atoms with van der Waals surface area (Å²) in [6.45, 7) is 0. The number of hydrogen-bond acceptors (Lipinski definition) is 3. The second kappa shape index (κ2) is 4.37. The topological polar surface area (TPSA) is 64.0 Å². The van der Waals surface area contributed by atoms with Gasteiger partial charge in [0.2, 0.25) is 0 Å². The van der Waals surface area contributed by atoms with Crippen LogP contribution in [0.2, 0.25) is 0 Å². The van der Waals surface area contributed by atoms with Crippen LogP contribution in [0.1, 0.15) is 0 Å². The zero-order chi connectivity index (χ0) is 13.3. The number of nitrogens with one attached hydrogen (secondary N) is 1. The highest BCUT2D eigenvalue weighted by atomic mass is 32.2. The number of sulfonamides is 1. The summed E-state index contributed by atoms with van der Waals surface area (Å²) < 4.78 is 53.7. The highest BCUT2D eigenvalue weighted by Gasteiger charge is 2.24. The zero-order valence-electron chi connectivity index (χ0n) is 9.26. The smallest absolute Gasteiger partial charge is 0.268 e. The second-order valence-electron chi connectivity index (χ2n) is 3.53. The molecule has 5 nitrogen and oxygen atoms in total. The number of aryl methyl sites for hydroxylation is 1. The van der Waals surface area contributed by atoms with E-state index in [4.69, 9.17) is 0 Å². The Morgan fingerprint density at radius 1 is 1.22 bits per heavy atom. The Kier molecular flexibility index (Phi) is 3.04. The Morgan fingerprint density at radius 2 is 1.83 bits per heavy atom. The quantitative estimate of drug-likeness (QED) is 0.921. The van der Waals surface area contributed by atoms with Crippen LogP contribution in [-0.2, 0) is 17.1 Å². The Balaban J connectivity index is 2.43. The lowest BCUT2D eigenvalue weighted by Crippen LogP contribution is -2.16. The summed E-state index contributed by atoms with van der Waals surface area (Å²) >= 11 is 0. The fourth-order valence-electron chi connectivity index (χ4n) is 1.40. The van der Waals surface area contributed by atoms with Gasteiger partial charge in [0.25, 0.3) is 10.0 Å². The molecule has 0 radical (unpaired) electrons. The molecule has 8 heteroatoms. The fourth-order valence-corrected chi connectivity index (χ4v) is 2.53. The van der Waals surface area contributed by atoms with Crippen molar-refractivity contribution in [2.24, 2.45) is 7.05 Å². The molecule has 18 heavy (non-hydrogen) atoms. The van der Waals surface area contributed by atoms with E-state index in [0.717, 1.165) is 18.2 Å². The van der Waals surface area contributed by atoms with Crippen molar-refractivity contribution >= 4 is 15.8 Å². The van der Waals surface area contributed by atoms with Crippen LogP contribution in [0.15, 0.2) is 35.4 Å². The van der Waals surface area contributed by atoms with Gasteiger partial charge in [0.05, 0.1) is 0 Å². The first-order chi connectivity index (χ1) is 8.40. The summed E-state index contributed by atoms with van der Waals surface area (Å²) in [7, 11) is -2.75. The van der Waals surface area contributed by atoms with E-state index >= 15 is 0 Å². The molecule has 0 aliphatic heterocycles. The third kappa shape index (κ3) is 2.33. The maximum absolute atomic E-state index is 13.4. The summed E-state index contributed by atoms with van der Waals surface area (Å²) in [6.07, 6.45) is 1.50. The van der Waals surface area contributed by atoms with Gasteiger partial charge in [0, 0.05) is 19.3 Å². The molecule has 2 rings (SSSR count). The lowest BCUT2D eigenvalue weighted by atomic mass is 10.3. The zero-order valence-corrected chi connectivity index (χ0v) is 10.1. The van der Waals surface area contributed by atoms with Crippen LogP contribution in [0.3, 0.4) is 0 Å². The SMILES string of the molecule is Cn1ccc(NS(=O)(=O)c2c(F)cccc2F)n1. The van der Waals surface area contributed by atoms with Crippen molar-refractivity contribution < 1.29 is 17.2 Å². The Bertz CT molecular complexity index is 662. The van der Waals surface area contributed by atoms with Crippen LogP contribution in [0, 0.1) is 11.6 Å². The highest BCUT2D eigenvalue weighted by Crippen LogP contribution is 2.20. The molecular weight excluding hydrogens is 264 g/mol. The van der Waals surface area contributed by atoms with Crippen molar-refractivity contribution in [3.05, 3.63) is 42.1 Å². The number of anilines is 1. The van der Waals surface area contributed by atoms with Crippen molar-refractivity contribution in [1.29, 1.82) is 0 Å². The maximum Gasteiger partial charge on any atom is 0.268 e. The predicted octanol–water partition coefficient (Wildman–Crippen LogP) is 1.50. The lowest BCUT2D eigenvalue weighted by molar-refractivity contribution is 0.521. The Morgan fingerprint density at radius 3 is 2.33 bits per heavy atom. The number of nitrogens with zero attached hydrogens (tertiary/aromatic N) is 2. The van der Waals surface area contributed by atoms with Gasteiger partial charge in [-0.05, 0) is 12.1 Å². The van der Waals surface area contributed by atoms with Gasteiger partial charge in [0.1, 0.15) is 11.6 Å². The molecule has 96 valence electrons. The van der Waals surface area contributed by atoms with Crippen molar-refractivity contribution in [1.82, 2.24) is 9.78 Å². The molecule has 1 aromatic heterocycles. The number of halogens is 2. The van der Waals surface area contributed by atoms with Gasteiger partial charge >= 0.3 is 0 Å². The van der Waals surface area contributed by atoms with Crippen LogP contribution < -0.4 is 4.72 Å². The summed E-state index contributed by atoms with van der Waals surface area (Å²) in [5.41, 5.74) is 0.